The van der Waals surface area contributed by atoms with Gasteiger partial charge in [0.15, 0.2) is 0 Å². The van der Waals surface area contributed by atoms with E-state index in [1.165, 1.54) is 36.4 Å². The van der Waals surface area contributed by atoms with Crippen LogP contribution < -0.4 is 0 Å². The molecule has 0 aromatic heterocycles. The molecule has 2 aromatic carbocycles. The van der Waals surface area contributed by atoms with Gasteiger partial charge in [0.1, 0.15) is 18.1 Å². The fourth-order valence-electron chi connectivity index (χ4n) is 1.42. The smallest absolute Gasteiger partial charge is 0.338 e. The summed E-state index contributed by atoms with van der Waals surface area (Å²) in [5.74, 6) is -0.184. The van der Waals surface area contributed by atoms with Crippen molar-refractivity contribution in [1.82, 2.24) is 0 Å². The van der Waals surface area contributed by atoms with Crippen LogP contribution in [0.5, 0.6) is 11.5 Å². The molecule has 0 spiro atoms. The molecule has 0 atom stereocenters. The van der Waals surface area contributed by atoms with E-state index in [9.17, 15) is 4.79 Å². The summed E-state index contributed by atoms with van der Waals surface area (Å²) in [4.78, 5) is 11.6. The van der Waals surface area contributed by atoms with Crippen LogP contribution in [0.1, 0.15) is 15.9 Å². The van der Waals surface area contributed by atoms with Gasteiger partial charge in [0.05, 0.1) is 5.56 Å². The highest BCUT2D eigenvalue weighted by Crippen LogP contribution is 2.13. The zero-order valence-electron chi connectivity index (χ0n) is 9.54. The standard InChI is InChI=1S/C14H12O4/c15-12-5-1-10(2-6-12)9-18-14(17)11-3-7-13(16)8-4-11/h1-8,15-16H,9H2. The first kappa shape index (κ1) is 12.0. The molecule has 2 rings (SSSR count). The zero-order valence-corrected chi connectivity index (χ0v) is 9.54. The summed E-state index contributed by atoms with van der Waals surface area (Å²) in [5.41, 5.74) is 1.17. The zero-order chi connectivity index (χ0) is 13.0. The minimum Gasteiger partial charge on any atom is -0.508 e. The second-order valence-corrected chi connectivity index (χ2v) is 3.79. The average Bonchev–Trinajstić information content (AvgIpc) is 2.38. The van der Waals surface area contributed by atoms with Crippen molar-refractivity contribution in [3.63, 3.8) is 0 Å². The van der Waals surface area contributed by atoms with Crippen LogP contribution in [0.2, 0.25) is 0 Å². The lowest BCUT2D eigenvalue weighted by Crippen LogP contribution is -2.04. The van der Waals surface area contributed by atoms with E-state index in [0.29, 0.717) is 5.56 Å². The topological polar surface area (TPSA) is 66.8 Å². The third kappa shape index (κ3) is 3.01. The van der Waals surface area contributed by atoms with Crippen molar-refractivity contribution in [3.8, 4) is 11.5 Å². The molecule has 4 nitrogen and oxygen atoms in total. The third-order valence-corrected chi connectivity index (χ3v) is 2.41. The molecule has 0 heterocycles. The maximum absolute atomic E-state index is 11.6. The molecule has 4 heteroatoms. The molecular weight excluding hydrogens is 232 g/mol. The fourth-order valence-corrected chi connectivity index (χ4v) is 1.42. The van der Waals surface area contributed by atoms with Crippen LogP contribution in [0.3, 0.4) is 0 Å². The summed E-state index contributed by atoms with van der Waals surface area (Å²) in [6.45, 7) is 0.139. The van der Waals surface area contributed by atoms with Crippen molar-refractivity contribution in [2.24, 2.45) is 0 Å². The van der Waals surface area contributed by atoms with Gasteiger partial charge < -0.3 is 14.9 Å². The number of phenolic OH excluding ortho intramolecular Hbond substituents is 2. The number of rotatable bonds is 3. The highest BCUT2D eigenvalue weighted by Gasteiger charge is 2.07. The molecule has 0 bridgehead atoms. The number of hydrogen-bond donors (Lipinski definition) is 2. The number of aromatic hydroxyl groups is 2. The lowest BCUT2D eigenvalue weighted by molar-refractivity contribution is 0.0472. The Balaban J connectivity index is 1.96. The number of benzene rings is 2. The Labute approximate surface area is 104 Å². The molecule has 0 amide bonds. The van der Waals surface area contributed by atoms with Crippen LogP contribution >= 0.6 is 0 Å². The van der Waals surface area contributed by atoms with E-state index in [4.69, 9.17) is 14.9 Å². The van der Waals surface area contributed by atoms with E-state index in [0.717, 1.165) is 5.56 Å². The summed E-state index contributed by atoms with van der Waals surface area (Å²) in [6.07, 6.45) is 0. The summed E-state index contributed by atoms with van der Waals surface area (Å²) < 4.78 is 5.09. The summed E-state index contributed by atoms with van der Waals surface area (Å²) in [6, 6.07) is 12.3. The summed E-state index contributed by atoms with van der Waals surface area (Å²) in [7, 11) is 0. The van der Waals surface area contributed by atoms with Gasteiger partial charge in [0.2, 0.25) is 0 Å². The predicted molar refractivity (Wildman–Crippen MR) is 65.3 cm³/mol. The van der Waals surface area contributed by atoms with Crippen LogP contribution in [-0.4, -0.2) is 16.2 Å². The average molecular weight is 244 g/mol. The van der Waals surface area contributed by atoms with Crippen molar-refractivity contribution in [2.45, 2.75) is 6.61 Å². The van der Waals surface area contributed by atoms with Gasteiger partial charge in [-0.2, -0.15) is 0 Å². The Bertz CT molecular complexity index is 529. The van der Waals surface area contributed by atoms with E-state index in [2.05, 4.69) is 0 Å². The first-order valence-corrected chi connectivity index (χ1v) is 5.39. The first-order valence-electron chi connectivity index (χ1n) is 5.39. The van der Waals surface area contributed by atoms with E-state index in [1.54, 1.807) is 12.1 Å². The molecular formula is C14H12O4. The van der Waals surface area contributed by atoms with Crippen LogP contribution in [-0.2, 0) is 11.3 Å². The maximum Gasteiger partial charge on any atom is 0.338 e. The normalized spacial score (nSPS) is 10.0. The van der Waals surface area contributed by atoms with Crippen molar-refractivity contribution in [3.05, 3.63) is 59.7 Å². The van der Waals surface area contributed by atoms with Crippen molar-refractivity contribution >= 4 is 5.97 Å². The number of hydrogen-bond acceptors (Lipinski definition) is 4. The van der Waals surface area contributed by atoms with Gasteiger partial charge in [-0.1, -0.05) is 12.1 Å². The van der Waals surface area contributed by atoms with Gasteiger partial charge in [-0.25, -0.2) is 4.79 Å². The van der Waals surface area contributed by atoms with Gasteiger partial charge in [0.25, 0.3) is 0 Å². The molecule has 0 aliphatic carbocycles. The summed E-state index contributed by atoms with van der Waals surface area (Å²) in [5, 5.41) is 18.2. The quantitative estimate of drug-likeness (QED) is 0.814. The SMILES string of the molecule is O=C(OCc1ccc(O)cc1)c1ccc(O)cc1. The molecule has 92 valence electrons. The van der Waals surface area contributed by atoms with Gasteiger partial charge >= 0.3 is 5.97 Å². The van der Waals surface area contributed by atoms with E-state index in [-0.39, 0.29) is 18.1 Å². The lowest BCUT2D eigenvalue weighted by Gasteiger charge is -2.05. The lowest BCUT2D eigenvalue weighted by atomic mass is 10.2. The van der Waals surface area contributed by atoms with E-state index in [1.807, 2.05) is 0 Å². The van der Waals surface area contributed by atoms with Gasteiger partial charge in [-0.05, 0) is 42.0 Å². The number of carbonyl (C=O) groups excluding carboxylic acids is 1. The Hall–Kier alpha value is -2.49. The molecule has 2 aromatic rings. The Morgan fingerprint density at radius 1 is 0.889 bits per heavy atom. The summed E-state index contributed by atoms with van der Waals surface area (Å²) >= 11 is 0. The largest absolute Gasteiger partial charge is 0.508 e. The van der Waals surface area contributed by atoms with E-state index >= 15 is 0 Å². The third-order valence-electron chi connectivity index (χ3n) is 2.41. The van der Waals surface area contributed by atoms with Crippen LogP contribution in [0.25, 0.3) is 0 Å². The highest BCUT2D eigenvalue weighted by atomic mass is 16.5. The second kappa shape index (κ2) is 5.23. The van der Waals surface area contributed by atoms with Crippen LogP contribution in [0, 0.1) is 0 Å². The number of esters is 1. The van der Waals surface area contributed by atoms with Gasteiger partial charge in [-0.15, -0.1) is 0 Å². The van der Waals surface area contributed by atoms with Gasteiger partial charge in [0, 0.05) is 0 Å². The molecule has 18 heavy (non-hydrogen) atoms. The molecule has 2 N–H and O–H groups in total. The van der Waals surface area contributed by atoms with Crippen molar-refractivity contribution in [2.75, 3.05) is 0 Å². The molecule has 0 saturated carbocycles. The van der Waals surface area contributed by atoms with E-state index < -0.39 is 5.97 Å². The maximum atomic E-state index is 11.6. The van der Waals surface area contributed by atoms with Crippen LogP contribution in [0.15, 0.2) is 48.5 Å². The fraction of sp³-hybridized carbons (Fsp3) is 0.0714. The monoisotopic (exact) mass is 244 g/mol. The predicted octanol–water partition coefficient (Wildman–Crippen LogP) is 2.45. The Kier molecular flexibility index (Phi) is 3.48. The molecule has 0 unspecified atom stereocenters. The Morgan fingerprint density at radius 2 is 1.39 bits per heavy atom. The number of carbonyl (C=O) groups is 1. The van der Waals surface area contributed by atoms with Crippen molar-refractivity contribution in [1.29, 1.82) is 0 Å². The molecule has 0 fully saturated rings. The first-order chi connectivity index (χ1) is 8.65. The minimum atomic E-state index is -0.455. The molecule has 0 saturated heterocycles. The van der Waals surface area contributed by atoms with Gasteiger partial charge in [-0.3, -0.25) is 0 Å². The van der Waals surface area contributed by atoms with Crippen LogP contribution in [0.4, 0.5) is 0 Å². The molecule has 0 aliphatic heterocycles. The molecule has 0 aliphatic rings. The molecule has 0 radical (unpaired) electrons. The van der Waals surface area contributed by atoms with Crippen molar-refractivity contribution < 1.29 is 19.7 Å². The second-order valence-electron chi connectivity index (χ2n) is 3.79. The minimum absolute atomic E-state index is 0.102. The Morgan fingerprint density at radius 3 is 1.94 bits per heavy atom. The highest BCUT2D eigenvalue weighted by molar-refractivity contribution is 5.89. The number of ether oxygens (including phenoxy) is 1. The number of phenols is 2.